The van der Waals surface area contributed by atoms with Gasteiger partial charge in [0.1, 0.15) is 5.82 Å². The third-order valence-corrected chi connectivity index (χ3v) is 4.68. The zero-order valence-electron chi connectivity index (χ0n) is 14.7. The van der Waals surface area contributed by atoms with Crippen LogP contribution in [0.2, 0.25) is 0 Å². The number of halogens is 1. The van der Waals surface area contributed by atoms with E-state index in [1.807, 2.05) is 18.2 Å². The van der Waals surface area contributed by atoms with E-state index < -0.39 is 0 Å². The minimum atomic E-state index is -0.219. The molecule has 1 heterocycles. The average Bonchev–Trinajstić information content (AvgIpc) is 2.57. The number of benzene rings is 1. The van der Waals surface area contributed by atoms with E-state index in [1.165, 1.54) is 6.07 Å². The maximum absolute atomic E-state index is 13.8. The fraction of sp³-hybridized carbons (Fsp3) is 0.400. The van der Waals surface area contributed by atoms with Crippen molar-refractivity contribution in [2.75, 3.05) is 5.32 Å². The molecule has 2 N–H and O–H groups in total. The third-order valence-electron chi connectivity index (χ3n) is 4.68. The highest BCUT2D eigenvalue weighted by molar-refractivity contribution is 5.73. The molecule has 2 aromatic rings. The van der Waals surface area contributed by atoms with Crippen molar-refractivity contribution in [3.05, 3.63) is 47.9 Å². The number of nitrogens with zero attached hydrogens (tertiary/aromatic N) is 1. The molecule has 0 unspecified atom stereocenters. The van der Waals surface area contributed by atoms with Crippen LogP contribution in [0, 0.1) is 12.7 Å². The zero-order chi connectivity index (χ0) is 17.8. The number of rotatable bonds is 4. The third kappa shape index (κ3) is 4.56. The highest BCUT2D eigenvalue weighted by atomic mass is 19.1. The highest BCUT2D eigenvalue weighted by Crippen LogP contribution is 2.25. The van der Waals surface area contributed by atoms with Crippen molar-refractivity contribution in [1.82, 2.24) is 10.3 Å². The van der Waals surface area contributed by atoms with Crippen molar-refractivity contribution < 1.29 is 9.18 Å². The lowest BCUT2D eigenvalue weighted by Gasteiger charge is -2.30. The Morgan fingerprint density at radius 3 is 2.76 bits per heavy atom. The van der Waals surface area contributed by atoms with E-state index in [4.69, 9.17) is 0 Å². The van der Waals surface area contributed by atoms with E-state index in [2.05, 4.69) is 15.6 Å². The zero-order valence-corrected chi connectivity index (χ0v) is 14.7. The number of pyridine rings is 1. The van der Waals surface area contributed by atoms with Gasteiger partial charge in [0, 0.05) is 36.5 Å². The molecule has 1 aromatic heterocycles. The molecule has 0 radical (unpaired) electrons. The van der Waals surface area contributed by atoms with Gasteiger partial charge in [0.25, 0.3) is 0 Å². The number of anilines is 1. The Hall–Kier alpha value is -2.43. The molecule has 132 valence electrons. The fourth-order valence-electron chi connectivity index (χ4n) is 3.41. The average molecular weight is 341 g/mol. The van der Waals surface area contributed by atoms with E-state index in [1.54, 1.807) is 26.1 Å². The summed E-state index contributed by atoms with van der Waals surface area (Å²) in [5.74, 6) is -0.193. The highest BCUT2D eigenvalue weighted by Gasteiger charge is 2.22. The summed E-state index contributed by atoms with van der Waals surface area (Å²) in [5.41, 5.74) is 3.12. The molecule has 0 saturated heterocycles. The lowest BCUT2D eigenvalue weighted by Crippen LogP contribution is -2.40. The SMILES string of the molecule is CC(=O)N[C@H]1CCC[C@H](Nc2ccnc(-c3ccc(C)c(F)c3)c2)C1. The lowest BCUT2D eigenvalue weighted by atomic mass is 9.90. The number of carbonyl (C=O) groups excluding carboxylic acids is 1. The Morgan fingerprint density at radius 1 is 1.20 bits per heavy atom. The number of carbonyl (C=O) groups is 1. The molecule has 0 bridgehead atoms. The van der Waals surface area contributed by atoms with Gasteiger partial charge in [-0.05, 0) is 56.4 Å². The summed E-state index contributed by atoms with van der Waals surface area (Å²) in [6.07, 6.45) is 5.85. The van der Waals surface area contributed by atoms with Crippen LogP contribution in [0.15, 0.2) is 36.5 Å². The first-order valence-corrected chi connectivity index (χ1v) is 8.77. The molecular weight excluding hydrogens is 317 g/mol. The van der Waals surface area contributed by atoms with Gasteiger partial charge in [0.05, 0.1) is 5.69 Å². The summed E-state index contributed by atoms with van der Waals surface area (Å²) < 4.78 is 13.8. The van der Waals surface area contributed by atoms with Crippen LogP contribution in [0.25, 0.3) is 11.3 Å². The summed E-state index contributed by atoms with van der Waals surface area (Å²) in [5, 5.41) is 6.55. The summed E-state index contributed by atoms with van der Waals surface area (Å²) >= 11 is 0. The van der Waals surface area contributed by atoms with Crippen LogP contribution in [0.5, 0.6) is 0 Å². The maximum atomic E-state index is 13.8. The van der Waals surface area contributed by atoms with Gasteiger partial charge in [-0.3, -0.25) is 9.78 Å². The Balaban J connectivity index is 1.71. The van der Waals surface area contributed by atoms with Crippen molar-refractivity contribution in [3.63, 3.8) is 0 Å². The molecule has 1 amide bonds. The normalized spacial score (nSPS) is 20.1. The Morgan fingerprint density at radius 2 is 2.00 bits per heavy atom. The van der Waals surface area contributed by atoms with E-state index in [0.717, 1.165) is 42.6 Å². The van der Waals surface area contributed by atoms with Crippen LogP contribution >= 0.6 is 0 Å². The number of hydrogen-bond acceptors (Lipinski definition) is 3. The largest absolute Gasteiger partial charge is 0.382 e. The Bertz CT molecular complexity index is 762. The van der Waals surface area contributed by atoms with Crippen LogP contribution in [0.3, 0.4) is 0 Å². The second kappa shape index (κ2) is 7.64. The minimum absolute atomic E-state index is 0.0262. The maximum Gasteiger partial charge on any atom is 0.217 e. The summed E-state index contributed by atoms with van der Waals surface area (Å²) in [4.78, 5) is 15.6. The molecule has 1 aliphatic carbocycles. The van der Waals surface area contributed by atoms with E-state index >= 15 is 0 Å². The van der Waals surface area contributed by atoms with Crippen molar-refractivity contribution in [2.24, 2.45) is 0 Å². The first-order chi connectivity index (χ1) is 12.0. The smallest absolute Gasteiger partial charge is 0.217 e. The summed E-state index contributed by atoms with van der Waals surface area (Å²) in [7, 11) is 0. The van der Waals surface area contributed by atoms with Gasteiger partial charge in [-0.15, -0.1) is 0 Å². The molecule has 1 aromatic carbocycles. The van der Waals surface area contributed by atoms with Crippen LogP contribution in [-0.2, 0) is 4.79 Å². The number of aromatic nitrogens is 1. The van der Waals surface area contributed by atoms with Crippen molar-refractivity contribution >= 4 is 11.6 Å². The van der Waals surface area contributed by atoms with Gasteiger partial charge < -0.3 is 10.6 Å². The molecule has 1 aliphatic rings. The lowest BCUT2D eigenvalue weighted by molar-refractivity contribution is -0.119. The van der Waals surface area contributed by atoms with Crippen molar-refractivity contribution in [3.8, 4) is 11.3 Å². The monoisotopic (exact) mass is 341 g/mol. The van der Waals surface area contributed by atoms with Crippen LogP contribution in [-0.4, -0.2) is 23.0 Å². The molecule has 2 atom stereocenters. The Labute approximate surface area is 147 Å². The van der Waals surface area contributed by atoms with E-state index in [0.29, 0.717) is 11.6 Å². The topological polar surface area (TPSA) is 54.0 Å². The summed E-state index contributed by atoms with van der Waals surface area (Å²) in [6, 6.07) is 9.60. The summed E-state index contributed by atoms with van der Waals surface area (Å²) in [6.45, 7) is 3.31. The fourth-order valence-corrected chi connectivity index (χ4v) is 3.41. The molecule has 4 nitrogen and oxygen atoms in total. The number of amides is 1. The van der Waals surface area contributed by atoms with Crippen LogP contribution in [0.4, 0.5) is 10.1 Å². The predicted molar refractivity (Wildman–Crippen MR) is 97.9 cm³/mol. The van der Waals surface area contributed by atoms with Gasteiger partial charge in [-0.2, -0.15) is 0 Å². The molecule has 25 heavy (non-hydrogen) atoms. The number of hydrogen-bond donors (Lipinski definition) is 2. The van der Waals surface area contributed by atoms with Gasteiger partial charge in [0.15, 0.2) is 0 Å². The molecule has 1 fully saturated rings. The van der Waals surface area contributed by atoms with Gasteiger partial charge in [-0.25, -0.2) is 4.39 Å². The molecular formula is C20H24FN3O. The molecule has 3 rings (SSSR count). The number of nitrogens with one attached hydrogen (secondary N) is 2. The predicted octanol–water partition coefficient (Wildman–Crippen LogP) is 4.06. The standard InChI is InChI=1S/C20H24FN3O/c1-13-6-7-15(10-19(13)21)20-12-18(8-9-22-20)24-17-5-3-4-16(11-17)23-14(2)25/h6-10,12,16-17H,3-5,11H2,1-2H3,(H,22,24)(H,23,25)/t16-,17-/m0/s1. The van der Waals surface area contributed by atoms with Gasteiger partial charge in [-0.1, -0.05) is 12.1 Å². The molecule has 0 aliphatic heterocycles. The number of aryl methyl sites for hydroxylation is 1. The minimum Gasteiger partial charge on any atom is -0.382 e. The Kier molecular flexibility index (Phi) is 5.31. The van der Waals surface area contributed by atoms with E-state index in [9.17, 15) is 9.18 Å². The van der Waals surface area contributed by atoms with Gasteiger partial charge >= 0.3 is 0 Å². The van der Waals surface area contributed by atoms with Gasteiger partial charge in [0.2, 0.25) is 5.91 Å². The van der Waals surface area contributed by atoms with Crippen molar-refractivity contribution in [1.29, 1.82) is 0 Å². The van der Waals surface area contributed by atoms with Crippen LogP contribution < -0.4 is 10.6 Å². The van der Waals surface area contributed by atoms with Crippen LogP contribution in [0.1, 0.15) is 38.2 Å². The second-order valence-electron chi connectivity index (χ2n) is 6.80. The van der Waals surface area contributed by atoms with Crippen molar-refractivity contribution in [2.45, 2.75) is 51.6 Å². The first kappa shape index (κ1) is 17.4. The molecule has 5 heteroatoms. The molecule has 0 spiro atoms. The quantitative estimate of drug-likeness (QED) is 0.882. The first-order valence-electron chi connectivity index (χ1n) is 8.77. The second-order valence-corrected chi connectivity index (χ2v) is 6.80. The molecule has 1 saturated carbocycles. The van der Waals surface area contributed by atoms with E-state index in [-0.39, 0.29) is 17.8 Å².